The first-order chi connectivity index (χ1) is 15.1. The number of hydrogen-bond donors (Lipinski definition) is 2. The van der Waals surface area contributed by atoms with Crippen molar-refractivity contribution < 1.29 is 14.3 Å². The van der Waals surface area contributed by atoms with Gasteiger partial charge < -0.3 is 15.4 Å². The van der Waals surface area contributed by atoms with Gasteiger partial charge in [0.1, 0.15) is 5.75 Å². The average Bonchev–Trinajstić information content (AvgIpc) is 3.46. The number of amides is 2. The van der Waals surface area contributed by atoms with E-state index in [1.54, 1.807) is 7.11 Å². The number of carbonyl (C=O) groups is 2. The van der Waals surface area contributed by atoms with Gasteiger partial charge in [-0.1, -0.05) is 24.3 Å². The number of carbonyl (C=O) groups excluding carboxylic acids is 2. The number of allylic oxidation sites excluding steroid dienone is 2. The molecule has 1 saturated heterocycles. The number of aryl methyl sites for hydroxylation is 1. The highest BCUT2D eigenvalue weighted by Gasteiger charge is 2.58. The molecule has 1 heterocycles. The average molecular weight is 552 g/mol. The van der Waals surface area contributed by atoms with Crippen LogP contribution in [0.3, 0.4) is 0 Å². The minimum Gasteiger partial charge on any atom is -0.497 e. The zero-order valence-electron chi connectivity index (χ0n) is 18.8. The van der Waals surface area contributed by atoms with Crippen LogP contribution in [0.1, 0.15) is 25.3 Å². The van der Waals surface area contributed by atoms with E-state index in [1.165, 1.54) is 10.5 Å². The van der Waals surface area contributed by atoms with E-state index in [0.29, 0.717) is 25.6 Å². The first kappa shape index (κ1) is 24.5. The summed E-state index contributed by atoms with van der Waals surface area (Å²) in [6.45, 7) is 4.35. The number of methoxy groups -OCH3 is 1. The van der Waals surface area contributed by atoms with E-state index in [4.69, 9.17) is 4.74 Å². The number of benzene rings is 1. The fraction of sp³-hybridized carbons (Fsp3) is 0.542. The van der Waals surface area contributed by atoms with Crippen molar-refractivity contribution in [1.82, 2.24) is 15.5 Å². The number of rotatable bonds is 9. The maximum Gasteiger partial charge on any atom is 0.233 e. The van der Waals surface area contributed by atoms with Crippen LogP contribution in [0.5, 0.6) is 5.75 Å². The van der Waals surface area contributed by atoms with E-state index in [-0.39, 0.29) is 59.5 Å². The number of halogens is 1. The van der Waals surface area contributed by atoms with Crippen LogP contribution < -0.4 is 15.4 Å². The molecule has 2 amide bonds. The molecule has 2 fully saturated rings. The molecule has 32 heavy (non-hydrogen) atoms. The van der Waals surface area contributed by atoms with Gasteiger partial charge in [0.2, 0.25) is 11.8 Å². The molecule has 0 spiro atoms. The third kappa shape index (κ3) is 5.10. The first-order valence-electron chi connectivity index (χ1n) is 11.3. The van der Waals surface area contributed by atoms with Gasteiger partial charge in [-0.3, -0.25) is 19.5 Å². The van der Waals surface area contributed by atoms with E-state index in [1.807, 2.05) is 25.1 Å². The number of guanidine groups is 1. The molecule has 4 atom stereocenters. The number of hydrogen-bond acceptors (Lipinski definition) is 4. The molecule has 2 N–H and O–H groups in total. The second kappa shape index (κ2) is 11.2. The SMILES string of the molecule is CCNC(=NCCCc1cccc(OC)c1)NCCN1C(=O)C2C3C=CC(C3)C2C1=O.I. The Morgan fingerprint density at radius 1 is 1.16 bits per heavy atom. The number of ether oxygens (including phenoxy) is 1. The summed E-state index contributed by atoms with van der Waals surface area (Å²) >= 11 is 0. The van der Waals surface area contributed by atoms with Crippen molar-refractivity contribution in [3.8, 4) is 5.75 Å². The molecule has 3 aliphatic rings. The molecule has 0 radical (unpaired) electrons. The summed E-state index contributed by atoms with van der Waals surface area (Å²) in [6.07, 6.45) is 7.06. The third-order valence-corrected chi connectivity index (χ3v) is 6.56. The van der Waals surface area contributed by atoms with Crippen molar-refractivity contribution in [2.24, 2.45) is 28.7 Å². The molecule has 4 unspecified atom stereocenters. The van der Waals surface area contributed by atoms with Crippen molar-refractivity contribution in [2.45, 2.75) is 26.2 Å². The van der Waals surface area contributed by atoms with Gasteiger partial charge in [-0.2, -0.15) is 0 Å². The Balaban J connectivity index is 0.00000289. The van der Waals surface area contributed by atoms with Crippen molar-refractivity contribution >= 4 is 41.8 Å². The number of likely N-dealkylation sites (tertiary alicyclic amines) is 1. The van der Waals surface area contributed by atoms with Gasteiger partial charge in [-0.05, 0) is 55.7 Å². The van der Waals surface area contributed by atoms with E-state index >= 15 is 0 Å². The summed E-state index contributed by atoms with van der Waals surface area (Å²) in [5, 5.41) is 6.50. The Labute approximate surface area is 207 Å². The van der Waals surface area contributed by atoms with E-state index in [9.17, 15) is 9.59 Å². The highest BCUT2D eigenvalue weighted by molar-refractivity contribution is 14.0. The molecule has 2 aliphatic carbocycles. The molecule has 174 valence electrons. The van der Waals surface area contributed by atoms with Crippen LogP contribution in [0, 0.1) is 23.7 Å². The van der Waals surface area contributed by atoms with Crippen LogP contribution >= 0.6 is 24.0 Å². The molecule has 1 aromatic carbocycles. The fourth-order valence-corrected chi connectivity index (χ4v) is 5.11. The lowest BCUT2D eigenvalue weighted by atomic mass is 9.85. The third-order valence-electron chi connectivity index (χ3n) is 6.56. The second-order valence-electron chi connectivity index (χ2n) is 8.47. The Morgan fingerprint density at radius 2 is 1.88 bits per heavy atom. The predicted octanol–water partition coefficient (Wildman–Crippen LogP) is 2.61. The molecule has 1 aromatic rings. The second-order valence-corrected chi connectivity index (χ2v) is 8.47. The number of aliphatic imine (C=N–C) groups is 1. The first-order valence-corrected chi connectivity index (χ1v) is 11.3. The number of fused-ring (bicyclic) bond motifs is 5. The number of nitrogens with one attached hydrogen (secondary N) is 2. The van der Waals surface area contributed by atoms with Crippen molar-refractivity contribution in [3.63, 3.8) is 0 Å². The highest BCUT2D eigenvalue weighted by Crippen LogP contribution is 2.52. The number of imide groups is 1. The normalized spacial score (nSPS) is 25.7. The summed E-state index contributed by atoms with van der Waals surface area (Å²) in [5.41, 5.74) is 1.23. The van der Waals surface area contributed by atoms with Gasteiger partial charge in [0.05, 0.1) is 18.9 Å². The Kier molecular flexibility index (Phi) is 8.56. The lowest BCUT2D eigenvalue weighted by Crippen LogP contribution is -2.43. The monoisotopic (exact) mass is 552 g/mol. The minimum absolute atomic E-state index is 0. The molecule has 7 nitrogen and oxygen atoms in total. The molecule has 8 heteroatoms. The van der Waals surface area contributed by atoms with Crippen LogP contribution in [0.25, 0.3) is 0 Å². The largest absolute Gasteiger partial charge is 0.497 e. The van der Waals surface area contributed by atoms with Gasteiger partial charge in [-0.15, -0.1) is 24.0 Å². The quantitative estimate of drug-likeness (QED) is 0.123. The van der Waals surface area contributed by atoms with Crippen molar-refractivity contribution in [1.29, 1.82) is 0 Å². The Morgan fingerprint density at radius 3 is 2.53 bits per heavy atom. The van der Waals surface area contributed by atoms with Gasteiger partial charge in [0.25, 0.3) is 0 Å². The maximum atomic E-state index is 12.8. The zero-order chi connectivity index (χ0) is 21.8. The summed E-state index contributed by atoms with van der Waals surface area (Å²) in [7, 11) is 1.68. The summed E-state index contributed by atoms with van der Waals surface area (Å²) in [6, 6.07) is 8.09. The molecule has 1 aliphatic heterocycles. The molecule has 4 rings (SSSR count). The fourth-order valence-electron chi connectivity index (χ4n) is 5.11. The van der Waals surface area contributed by atoms with Crippen LogP contribution in [-0.2, 0) is 16.0 Å². The summed E-state index contributed by atoms with van der Waals surface area (Å²) in [5.74, 6) is 1.87. The summed E-state index contributed by atoms with van der Waals surface area (Å²) < 4.78 is 5.27. The maximum absolute atomic E-state index is 12.8. The van der Waals surface area contributed by atoms with Crippen molar-refractivity contribution in [2.75, 3.05) is 33.3 Å². The van der Waals surface area contributed by atoms with Crippen LogP contribution in [0.15, 0.2) is 41.4 Å². The molecule has 0 aromatic heterocycles. The zero-order valence-corrected chi connectivity index (χ0v) is 21.1. The molecular weight excluding hydrogens is 519 g/mol. The van der Waals surface area contributed by atoms with E-state index in [2.05, 4.69) is 33.8 Å². The standard InChI is InChI=1S/C24H32N4O3.HI/c1-3-25-24(26-11-5-7-16-6-4-8-19(14-16)31-2)27-12-13-28-22(29)20-17-9-10-18(15-17)21(20)23(28)30;/h4,6,8-10,14,17-18,20-21H,3,5,7,11-13,15H2,1-2H3,(H2,25,26,27);1H. The molecule has 1 saturated carbocycles. The highest BCUT2D eigenvalue weighted by atomic mass is 127. The van der Waals surface area contributed by atoms with Gasteiger partial charge >= 0.3 is 0 Å². The van der Waals surface area contributed by atoms with E-state index in [0.717, 1.165) is 31.6 Å². The van der Waals surface area contributed by atoms with E-state index < -0.39 is 0 Å². The van der Waals surface area contributed by atoms with Crippen molar-refractivity contribution in [3.05, 3.63) is 42.0 Å². The lowest BCUT2D eigenvalue weighted by Gasteiger charge is -2.18. The summed E-state index contributed by atoms with van der Waals surface area (Å²) in [4.78, 5) is 31.6. The van der Waals surface area contributed by atoms with Crippen LogP contribution in [0.4, 0.5) is 0 Å². The van der Waals surface area contributed by atoms with Crippen LogP contribution in [0.2, 0.25) is 0 Å². The molecular formula is C24H33IN4O3. The smallest absolute Gasteiger partial charge is 0.233 e. The molecule has 2 bridgehead atoms. The van der Waals surface area contributed by atoms with Gasteiger partial charge in [0, 0.05) is 26.2 Å². The lowest BCUT2D eigenvalue weighted by molar-refractivity contribution is -0.140. The topological polar surface area (TPSA) is 83.0 Å². The van der Waals surface area contributed by atoms with Gasteiger partial charge in [-0.25, -0.2) is 0 Å². The Bertz CT molecular complexity index is 858. The van der Waals surface area contributed by atoms with Crippen LogP contribution in [-0.4, -0.2) is 56.0 Å². The van der Waals surface area contributed by atoms with Gasteiger partial charge in [0.15, 0.2) is 5.96 Å². The Hall–Kier alpha value is -2.10. The minimum atomic E-state index is -0.124. The predicted molar refractivity (Wildman–Crippen MR) is 135 cm³/mol. The number of nitrogens with zero attached hydrogens (tertiary/aromatic N) is 2.